The van der Waals surface area contributed by atoms with Crippen molar-refractivity contribution in [2.75, 3.05) is 19.6 Å². The summed E-state index contributed by atoms with van der Waals surface area (Å²) in [6, 6.07) is 7.78. The minimum absolute atomic E-state index is 0. The van der Waals surface area contributed by atoms with Gasteiger partial charge in [0.15, 0.2) is 0 Å². The summed E-state index contributed by atoms with van der Waals surface area (Å²) in [5, 5.41) is 7.10. The van der Waals surface area contributed by atoms with E-state index in [-0.39, 0.29) is 18.3 Å². The molecule has 1 aromatic rings. The zero-order chi connectivity index (χ0) is 14.2. The van der Waals surface area contributed by atoms with E-state index in [4.69, 9.17) is 11.6 Å². The second-order valence-electron chi connectivity index (χ2n) is 5.46. The molecule has 1 aliphatic heterocycles. The lowest BCUT2D eigenvalue weighted by Crippen LogP contribution is -2.30. The highest BCUT2D eigenvalue weighted by atomic mass is 35.5. The van der Waals surface area contributed by atoms with Gasteiger partial charge in [0.2, 0.25) is 5.91 Å². The second kappa shape index (κ2) is 10.0. The van der Waals surface area contributed by atoms with Crippen molar-refractivity contribution in [2.24, 2.45) is 5.92 Å². The van der Waals surface area contributed by atoms with Crippen LogP contribution in [-0.2, 0) is 11.2 Å². The molecule has 0 aromatic heterocycles. The number of hydrogen-bond acceptors (Lipinski definition) is 2. The molecule has 0 bridgehead atoms. The summed E-state index contributed by atoms with van der Waals surface area (Å²) >= 11 is 5.84. The second-order valence-corrected chi connectivity index (χ2v) is 5.89. The Bertz CT molecular complexity index is 417. The Balaban J connectivity index is 0.00000220. The zero-order valence-corrected chi connectivity index (χ0v) is 13.8. The van der Waals surface area contributed by atoms with Gasteiger partial charge in [0.25, 0.3) is 0 Å². The first-order valence-electron chi connectivity index (χ1n) is 7.46. The van der Waals surface area contributed by atoms with Crippen molar-refractivity contribution >= 4 is 29.9 Å². The van der Waals surface area contributed by atoms with E-state index in [2.05, 4.69) is 10.6 Å². The van der Waals surface area contributed by atoms with Crippen molar-refractivity contribution in [3.63, 3.8) is 0 Å². The van der Waals surface area contributed by atoms with E-state index < -0.39 is 0 Å². The molecule has 1 heterocycles. The molecule has 5 heteroatoms. The molecular weight excluding hydrogens is 307 g/mol. The molecule has 3 nitrogen and oxygen atoms in total. The van der Waals surface area contributed by atoms with Gasteiger partial charge in [-0.25, -0.2) is 0 Å². The molecule has 2 N–H and O–H groups in total. The Kier molecular flexibility index (Phi) is 8.74. The lowest BCUT2D eigenvalue weighted by molar-refractivity contribution is -0.121. The van der Waals surface area contributed by atoms with Crippen LogP contribution in [0.4, 0.5) is 0 Å². The van der Waals surface area contributed by atoms with Crippen LogP contribution >= 0.6 is 24.0 Å². The topological polar surface area (TPSA) is 41.1 Å². The summed E-state index contributed by atoms with van der Waals surface area (Å²) in [6.07, 6.45) is 4.95. The highest BCUT2D eigenvalue weighted by molar-refractivity contribution is 6.30. The first-order chi connectivity index (χ1) is 9.74. The molecule has 2 rings (SSSR count). The van der Waals surface area contributed by atoms with Crippen LogP contribution in [0.5, 0.6) is 0 Å². The SMILES string of the molecule is Cl.O=C(CCC1CCNCC1)NCCc1ccc(Cl)cc1. The Morgan fingerprint density at radius 2 is 1.90 bits per heavy atom. The van der Waals surface area contributed by atoms with Crippen LogP contribution in [0.2, 0.25) is 5.02 Å². The normalized spacial score (nSPS) is 15.3. The third kappa shape index (κ3) is 7.16. The maximum absolute atomic E-state index is 11.8. The van der Waals surface area contributed by atoms with Crippen molar-refractivity contribution in [1.82, 2.24) is 10.6 Å². The summed E-state index contributed by atoms with van der Waals surface area (Å²) in [5.41, 5.74) is 1.20. The summed E-state index contributed by atoms with van der Waals surface area (Å²) in [5.74, 6) is 0.899. The molecule has 0 radical (unpaired) electrons. The van der Waals surface area contributed by atoms with Gasteiger partial charge < -0.3 is 10.6 Å². The molecule has 1 fully saturated rings. The van der Waals surface area contributed by atoms with E-state index >= 15 is 0 Å². The largest absolute Gasteiger partial charge is 0.356 e. The van der Waals surface area contributed by atoms with Crippen LogP contribution in [0.3, 0.4) is 0 Å². The summed E-state index contributed by atoms with van der Waals surface area (Å²) in [7, 11) is 0. The monoisotopic (exact) mass is 330 g/mol. The highest BCUT2D eigenvalue weighted by Crippen LogP contribution is 2.17. The van der Waals surface area contributed by atoms with Crippen LogP contribution in [0.1, 0.15) is 31.2 Å². The van der Waals surface area contributed by atoms with Gasteiger partial charge in [-0.15, -0.1) is 12.4 Å². The summed E-state index contributed by atoms with van der Waals surface area (Å²) in [6.45, 7) is 2.90. The fraction of sp³-hybridized carbons (Fsp3) is 0.562. The molecule has 1 aliphatic rings. The van der Waals surface area contributed by atoms with Crippen LogP contribution < -0.4 is 10.6 Å². The maximum Gasteiger partial charge on any atom is 0.220 e. The molecule has 0 aliphatic carbocycles. The fourth-order valence-corrected chi connectivity index (χ4v) is 2.72. The lowest BCUT2D eigenvalue weighted by Gasteiger charge is -2.22. The molecule has 1 amide bonds. The number of carbonyl (C=O) groups excluding carboxylic acids is 1. The van der Waals surface area contributed by atoms with Crippen LogP contribution in [0, 0.1) is 5.92 Å². The van der Waals surface area contributed by atoms with Gasteiger partial charge in [-0.2, -0.15) is 0 Å². The van der Waals surface area contributed by atoms with Gasteiger partial charge in [0, 0.05) is 18.0 Å². The molecule has 1 saturated heterocycles. The minimum atomic E-state index is 0. The number of halogens is 2. The fourth-order valence-electron chi connectivity index (χ4n) is 2.59. The number of benzene rings is 1. The highest BCUT2D eigenvalue weighted by Gasteiger charge is 2.14. The quantitative estimate of drug-likeness (QED) is 0.840. The molecule has 0 unspecified atom stereocenters. The van der Waals surface area contributed by atoms with E-state index in [1.807, 2.05) is 24.3 Å². The minimum Gasteiger partial charge on any atom is -0.356 e. The van der Waals surface area contributed by atoms with Crippen molar-refractivity contribution < 1.29 is 4.79 Å². The van der Waals surface area contributed by atoms with Crippen LogP contribution in [-0.4, -0.2) is 25.5 Å². The number of rotatable bonds is 6. The van der Waals surface area contributed by atoms with Crippen LogP contribution in [0.25, 0.3) is 0 Å². The number of piperidine rings is 1. The Morgan fingerprint density at radius 1 is 1.24 bits per heavy atom. The average molecular weight is 331 g/mol. The predicted molar refractivity (Wildman–Crippen MR) is 90.2 cm³/mol. The molecular formula is C16H24Cl2N2O. The first-order valence-corrected chi connectivity index (χ1v) is 7.83. The summed E-state index contributed by atoms with van der Waals surface area (Å²) < 4.78 is 0. The van der Waals surface area contributed by atoms with Gasteiger partial charge in [0.1, 0.15) is 0 Å². The van der Waals surface area contributed by atoms with Gasteiger partial charge in [0.05, 0.1) is 0 Å². The Morgan fingerprint density at radius 3 is 2.57 bits per heavy atom. The molecule has 0 spiro atoms. The maximum atomic E-state index is 11.8. The van der Waals surface area contributed by atoms with Crippen molar-refractivity contribution in [3.05, 3.63) is 34.9 Å². The standard InChI is InChI=1S/C16H23ClN2O.ClH/c17-15-4-1-13(2-5-15)9-12-19-16(20)6-3-14-7-10-18-11-8-14;/h1-2,4-5,14,18H,3,6-12H2,(H,19,20);1H. The smallest absolute Gasteiger partial charge is 0.220 e. The Hall–Kier alpha value is -0.770. The number of nitrogens with one attached hydrogen (secondary N) is 2. The van der Waals surface area contributed by atoms with Gasteiger partial charge in [-0.3, -0.25) is 4.79 Å². The lowest BCUT2D eigenvalue weighted by atomic mass is 9.93. The van der Waals surface area contributed by atoms with E-state index in [0.717, 1.165) is 36.9 Å². The van der Waals surface area contributed by atoms with E-state index in [0.29, 0.717) is 13.0 Å². The predicted octanol–water partition coefficient (Wildman–Crippen LogP) is 3.20. The third-order valence-electron chi connectivity index (χ3n) is 3.89. The number of carbonyl (C=O) groups is 1. The van der Waals surface area contributed by atoms with Gasteiger partial charge in [-0.1, -0.05) is 23.7 Å². The molecule has 118 valence electrons. The van der Waals surface area contributed by atoms with Crippen molar-refractivity contribution in [1.29, 1.82) is 0 Å². The van der Waals surface area contributed by atoms with E-state index in [1.165, 1.54) is 18.4 Å². The zero-order valence-electron chi connectivity index (χ0n) is 12.2. The van der Waals surface area contributed by atoms with E-state index in [9.17, 15) is 4.79 Å². The van der Waals surface area contributed by atoms with Crippen LogP contribution in [0.15, 0.2) is 24.3 Å². The first kappa shape index (κ1) is 18.3. The Labute approximate surface area is 138 Å². The molecule has 0 atom stereocenters. The molecule has 1 aromatic carbocycles. The number of amides is 1. The van der Waals surface area contributed by atoms with Gasteiger partial charge in [-0.05, 0) is 62.4 Å². The third-order valence-corrected chi connectivity index (χ3v) is 4.14. The van der Waals surface area contributed by atoms with Crippen molar-refractivity contribution in [3.8, 4) is 0 Å². The van der Waals surface area contributed by atoms with Gasteiger partial charge >= 0.3 is 0 Å². The molecule has 0 saturated carbocycles. The summed E-state index contributed by atoms with van der Waals surface area (Å²) in [4.78, 5) is 11.8. The average Bonchev–Trinajstić information content (AvgIpc) is 2.48. The number of hydrogen-bond donors (Lipinski definition) is 2. The molecule has 21 heavy (non-hydrogen) atoms. The van der Waals surface area contributed by atoms with E-state index in [1.54, 1.807) is 0 Å². The van der Waals surface area contributed by atoms with Crippen molar-refractivity contribution in [2.45, 2.75) is 32.1 Å².